The van der Waals surface area contributed by atoms with Gasteiger partial charge in [-0.3, -0.25) is 10.1 Å². The number of carbonyl (C=O) groups is 1. The van der Waals surface area contributed by atoms with E-state index < -0.39 is 0 Å². The number of carbonyl (C=O) groups excluding carboxylic acids is 1. The van der Waals surface area contributed by atoms with Gasteiger partial charge < -0.3 is 0 Å². The number of aromatic nitrogens is 2. The third-order valence-corrected chi connectivity index (χ3v) is 3.05. The largest absolute Gasteiger partial charge is 0.294 e. The van der Waals surface area contributed by atoms with Crippen LogP contribution in [0.5, 0.6) is 0 Å². The van der Waals surface area contributed by atoms with E-state index in [1.807, 2.05) is 0 Å². The van der Waals surface area contributed by atoms with Crippen molar-refractivity contribution >= 4 is 23.5 Å². The van der Waals surface area contributed by atoms with Crippen molar-refractivity contribution in [1.29, 1.82) is 0 Å². The van der Waals surface area contributed by atoms with Crippen LogP contribution >= 0.6 is 11.6 Å². The molecule has 0 aliphatic rings. The SMILES string of the molecule is CC(CC(=O)Nc1nccc(Cl)n1)C(C)(C)C. The Balaban J connectivity index is 2.56. The number of hydrogen-bond donors (Lipinski definition) is 1. The fraction of sp³-hybridized carbons (Fsp3) is 0.583. The summed E-state index contributed by atoms with van der Waals surface area (Å²) in [6.07, 6.45) is 1.96. The van der Waals surface area contributed by atoms with E-state index in [0.29, 0.717) is 11.6 Å². The fourth-order valence-corrected chi connectivity index (χ4v) is 1.29. The van der Waals surface area contributed by atoms with E-state index in [1.165, 1.54) is 6.20 Å². The lowest BCUT2D eigenvalue weighted by Gasteiger charge is -2.26. The van der Waals surface area contributed by atoms with E-state index in [9.17, 15) is 4.79 Å². The maximum absolute atomic E-state index is 11.7. The molecule has 0 bridgehead atoms. The first kappa shape index (κ1) is 13.9. The van der Waals surface area contributed by atoms with Gasteiger partial charge in [-0.05, 0) is 17.4 Å². The molecule has 94 valence electrons. The van der Waals surface area contributed by atoms with Crippen LogP contribution in [0.2, 0.25) is 5.15 Å². The normalized spacial score (nSPS) is 13.2. The molecule has 1 aromatic heterocycles. The Morgan fingerprint density at radius 3 is 2.71 bits per heavy atom. The summed E-state index contributed by atoms with van der Waals surface area (Å²) in [7, 11) is 0. The Labute approximate surface area is 107 Å². The van der Waals surface area contributed by atoms with Crippen molar-refractivity contribution in [3.63, 3.8) is 0 Å². The second-order valence-corrected chi connectivity index (χ2v) is 5.61. The molecule has 0 saturated heterocycles. The number of hydrogen-bond acceptors (Lipinski definition) is 3. The quantitative estimate of drug-likeness (QED) is 0.845. The maximum atomic E-state index is 11.7. The highest BCUT2D eigenvalue weighted by molar-refractivity contribution is 6.29. The second kappa shape index (κ2) is 5.45. The lowest BCUT2D eigenvalue weighted by molar-refractivity contribution is -0.117. The predicted octanol–water partition coefficient (Wildman–Crippen LogP) is 3.14. The van der Waals surface area contributed by atoms with Gasteiger partial charge in [-0.25, -0.2) is 9.97 Å². The van der Waals surface area contributed by atoms with Gasteiger partial charge in [0, 0.05) is 12.6 Å². The van der Waals surface area contributed by atoms with Gasteiger partial charge >= 0.3 is 0 Å². The van der Waals surface area contributed by atoms with Crippen LogP contribution in [0.3, 0.4) is 0 Å². The molecule has 0 saturated carbocycles. The number of anilines is 1. The molecule has 1 amide bonds. The lowest BCUT2D eigenvalue weighted by Crippen LogP contribution is -2.24. The van der Waals surface area contributed by atoms with E-state index in [1.54, 1.807) is 6.07 Å². The predicted molar refractivity (Wildman–Crippen MR) is 68.9 cm³/mol. The van der Waals surface area contributed by atoms with Crippen LogP contribution in [0.25, 0.3) is 0 Å². The molecular formula is C12H18ClN3O. The number of nitrogens with one attached hydrogen (secondary N) is 1. The van der Waals surface area contributed by atoms with Gasteiger partial charge in [0.1, 0.15) is 5.15 Å². The molecule has 1 rings (SSSR count). The molecule has 1 aromatic rings. The van der Waals surface area contributed by atoms with Crippen LogP contribution in [-0.4, -0.2) is 15.9 Å². The Morgan fingerprint density at radius 2 is 2.18 bits per heavy atom. The van der Waals surface area contributed by atoms with Crippen LogP contribution in [0.1, 0.15) is 34.1 Å². The van der Waals surface area contributed by atoms with Gasteiger partial charge in [0.2, 0.25) is 11.9 Å². The molecule has 5 heteroatoms. The van der Waals surface area contributed by atoms with Crippen molar-refractivity contribution in [3.05, 3.63) is 17.4 Å². The molecule has 4 nitrogen and oxygen atoms in total. The Hall–Kier alpha value is -1.16. The van der Waals surface area contributed by atoms with Crippen LogP contribution in [0, 0.1) is 11.3 Å². The maximum Gasteiger partial charge on any atom is 0.230 e. The molecular weight excluding hydrogens is 238 g/mol. The van der Waals surface area contributed by atoms with Crippen molar-refractivity contribution in [1.82, 2.24) is 9.97 Å². The van der Waals surface area contributed by atoms with E-state index in [4.69, 9.17) is 11.6 Å². The number of rotatable bonds is 3. The molecule has 0 aromatic carbocycles. The van der Waals surface area contributed by atoms with Gasteiger partial charge in [-0.1, -0.05) is 39.3 Å². The van der Waals surface area contributed by atoms with E-state index in [0.717, 1.165) is 0 Å². The summed E-state index contributed by atoms with van der Waals surface area (Å²) < 4.78 is 0. The Bertz CT molecular complexity index is 401. The van der Waals surface area contributed by atoms with Crippen LogP contribution in [0.15, 0.2) is 12.3 Å². The highest BCUT2D eigenvalue weighted by atomic mass is 35.5. The summed E-state index contributed by atoms with van der Waals surface area (Å²) in [5.74, 6) is 0.444. The molecule has 1 heterocycles. The average molecular weight is 256 g/mol. The molecule has 1 unspecified atom stereocenters. The lowest BCUT2D eigenvalue weighted by atomic mass is 9.80. The first-order valence-electron chi connectivity index (χ1n) is 5.57. The zero-order chi connectivity index (χ0) is 13.1. The standard InChI is InChI=1S/C12H18ClN3O/c1-8(12(2,3)4)7-10(17)16-11-14-6-5-9(13)15-11/h5-6,8H,7H2,1-4H3,(H,14,15,16,17). The number of amides is 1. The van der Waals surface area contributed by atoms with Crippen molar-refractivity contribution < 1.29 is 4.79 Å². The molecule has 0 radical (unpaired) electrons. The van der Waals surface area contributed by atoms with Crippen molar-refractivity contribution in [2.24, 2.45) is 11.3 Å². The Morgan fingerprint density at radius 1 is 1.53 bits per heavy atom. The number of nitrogens with zero attached hydrogens (tertiary/aromatic N) is 2. The third-order valence-electron chi connectivity index (χ3n) is 2.84. The first-order valence-corrected chi connectivity index (χ1v) is 5.95. The summed E-state index contributed by atoms with van der Waals surface area (Å²) in [6.45, 7) is 8.39. The van der Waals surface area contributed by atoms with Crippen LogP contribution in [-0.2, 0) is 4.79 Å². The summed E-state index contributed by atoms with van der Waals surface area (Å²) in [5, 5.41) is 2.96. The Kier molecular flexibility index (Phi) is 4.46. The molecule has 0 aliphatic carbocycles. The highest BCUT2D eigenvalue weighted by Gasteiger charge is 2.22. The molecule has 1 N–H and O–H groups in total. The summed E-state index contributed by atoms with van der Waals surface area (Å²) in [5.41, 5.74) is 0.104. The topological polar surface area (TPSA) is 54.9 Å². The van der Waals surface area contributed by atoms with Crippen molar-refractivity contribution in [3.8, 4) is 0 Å². The van der Waals surface area contributed by atoms with Crippen molar-refractivity contribution in [2.75, 3.05) is 5.32 Å². The first-order chi connectivity index (χ1) is 7.79. The van der Waals surface area contributed by atoms with E-state index in [-0.39, 0.29) is 23.2 Å². The minimum absolute atomic E-state index is 0.0882. The zero-order valence-electron chi connectivity index (χ0n) is 10.6. The van der Waals surface area contributed by atoms with Crippen LogP contribution in [0.4, 0.5) is 5.95 Å². The second-order valence-electron chi connectivity index (χ2n) is 5.22. The average Bonchev–Trinajstić information content (AvgIpc) is 2.15. The zero-order valence-corrected chi connectivity index (χ0v) is 11.4. The highest BCUT2D eigenvalue weighted by Crippen LogP contribution is 2.28. The van der Waals surface area contributed by atoms with Gasteiger partial charge in [0.05, 0.1) is 0 Å². The summed E-state index contributed by atoms with van der Waals surface area (Å²) in [6, 6.07) is 1.56. The number of halogens is 1. The minimum atomic E-state index is -0.0882. The van der Waals surface area contributed by atoms with Gasteiger partial charge in [-0.2, -0.15) is 0 Å². The van der Waals surface area contributed by atoms with E-state index >= 15 is 0 Å². The van der Waals surface area contributed by atoms with Crippen molar-refractivity contribution in [2.45, 2.75) is 34.1 Å². The molecule has 0 aliphatic heterocycles. The summed E-state index contributed by atoms with van der Waals surface area (Å²) >= 11 is 5.70. The van der Waals surface area contributed by atoms with Gasteiger partial charge in [-0.15, -0.1) is 0 Å². The minimum Gasteiger partial charge on any atom is -0.294 e. The molecule has 17 heavy (non-hydrogen) atoms. The smallest absolute Gasteiger partial charge is 0.230 e. The summed E-state index contributed by atoms with van der Waals surface area (Å²) in [4.78, 5) is 19.6. The van der Waals surface area contributed by atoms with Gasteiger partial charge in [0.25, 0.3) is 0 Å². The fourth-order valence-electron chi connectivity index (χ4n) is 1.16. The van der Waals surface area contributed by atoms with Crippen LogP contribution < -0.4 is 5.32 Å². The molecule has 0 spiro atoms. The third kappa shape index (κ3) is 4.69. The van der Waals surface area contributed by atoms with Gasteiger partial charge in [0.15, 0.2) is 0 Å². The van der Waals surface area contributed by atoms with E-state index in [2.05, 4.69) is 43.0 Å². The molecule has 0 fully saturated rings. The monoisotopic (exact) mass is 255 g/mol. The molecule has 1 atom stereocenters.